The number of imide groups is 1. The highest BCUT2D eigenvalue weighted by atomic mass is 19.1. The molecular formula is C47H54FN9O4. The second-order valence-corrected chi connectivity index (χ2v) is 17.6. The van der Waals surface area contributed by atoms with Gasteiger partial charge in [0.1, 0.15) is 5.69 Å². The summed E-state index contributed by atoms with van der Waals surface area (Å²) in [6.07, 6.45) is 13.4. The van der Waals surface area contributed by atoms with E-state index in [1.807, 2.05) is 11.7 Å². The molecule has 4 aliphatic rings. The van der Waals surface area contributed by atoms with E-state index in [9.17, 15) is 19.2 Å². The maximum atomic E-state index is 15.1. The van der Waals surface area contributed by atoms with Crippen molar-refractivity contribution in [2.75, 3.05) is 25.0 Å². The van der Waals surface area contributed by atoms with Crippen molar-refractivity contribution in [3.05, 3.63) is 100 Å². The maximum Gasteiger partial charge on any atom is 0.255 e. The van der Waals surface area contributed by atoms with Gasteiger partial charge in [-0.2, -0.15) is 5.10 Å². The number of pyridine rings is 1. The summed E-state index contributed by atoms with van der Waals surface area (Å²) in [5.74, 6) is 0.0395. The van der Waals surface area contributed by atoms with E-state index in [1.54, 1.807) is 42.6 Å². The van der Waals surface area contributed by atoms with Crippen LogP contribution in [0.15, 0.2) is 77.9 Å². The summed E-state index contributed by atoms with van der Waals surface area (Å²) >= 11 is 0. The molecule has 318 valence electrons. The van der Waals surface area contributed by atoms with Crippen LogP contribution in [0.4, 0.5) is 10.3 Å². The molecule has 3 atom stereocenters. The molecule has 2 saturated heterocycles. The molecule has 5 heterocycles. The molecule has 14 heteroatoms. The molecule has 5 aromatic rings. The summed E-state index contributed by atoms with van der Waals surface area (Å²) < 4.78 is 18.4. The van der Waals surface area contributed by atoms with Crippen molar-refractivity contribution >= 4 is 34.6 Å². The van der Waals surface area contributed by atoms with Crippen molar-refractivity contribution in [2.45, 2.75) is 101 Å². The smallest absolute Gasteiger partial charge is 0.255 e. The number of fused-ring (bicyclic) bond motifs is 1. The van der Waals surface area contributed by atoms with Crippen LogP contribution in [0.25, 0.3) is 27.8 Å². The number of piperidine rings is 2. The zero-order valence-electron chi connectivity index (χ0n) is 34.7. The quantitative estimate of drug-likeness (QED) is 0.136. The number of hydrogen-bond acceptors (Lipinski definition) is 9. The lowest BCUT2D eigenvalue weighted by atomic mass is 9.82. The lowest BCUT2D eigenvalue weighted by Gasteiger charge is -2.37. The summed E-state index contributed by atoms with van der Waals surface area (Å²) in [6, 6.07) is 18.8. The van der Waals surface area contributed by atoms with E-state index >= 15 is 4.39 Å². The second kappa shape index (κ2) is 17.7. The van der Waals surface area contributed by atoms with Gasteiger partial charge in [0.25, 0.3) is 5.56 Å². The first kappa shape index (κ1) is 40.6. The molecule has 3 N–H and O–H groups in total. The second-order valence-electron chi connectivity index (χ2n) is 17.6. The number of rotatable bonds is 10. The Kier molecular flexibility index (Phi) is 11.8. The number of aromatic nitrogens is 5. The fraction of sp³-hybridized carbons (Fsp3) is 0.468. The Morgan fingerprint density at radius 1 is 0.902 bits per heavy atom. The first-order valence-electron chi connectivity index (χ1n) is 22.1. The van der Waals surface area contributed by atoms with Gasteiger partial charge in [-0.15, -0.1) is 0 Å². The SMILES string of the molecule is Cn1nc(C2CCC(=O)NC2=O)c2ccc(C3CCN(CC4CCC(NC(=O)[C@H]5CCC[C@H](Nc6ncc(F)c(-c7cccc(-n8ccccc8=O)c7)n6)C5)CC4)CC3)cc21. The monoisotopic (exact) mass is 827 g/mol. The molecule has 9 rings (SSSR count). The van der Waals surface area contributed by atoms with E-state index in [1.165, 1.54) is 22.4 Å². The minimum Gasteiger partial charge on any atom is -0.353 e. The van der Waals surface area contributed by atoms with Crippen molar-refractivity contribution in [2.24, 2.45) is 18.9 Å². The van der Waals surface area contributed by atoms with Gasteiger partial charge in [-0.25, -0.2) is 14.4 Å². The fourth-order valence-electron chi connectivity index (χ4n) is 10.2. The van der Waals surface area contributed by atoms with Gasteiger partial charge in [0.05, 0.1) is 23.3 Å². The van der Waals surface area contributed by atoms with Crippen LogP contribution in [-0.2, 0) is 21.4 Å². The van der Waals surface area contributed by atoms with Crippen LogP contribution >= 0.6 is 0 Å². The Morgan fingerprint density at radius 2 is 1.74 bits per heavy atom. The molecule has 2 aliphatic heterocycles. The number of halogens is 1. The Bertz CT molecular complexity index is 2490. The molecule has 61 heavy (non-hydrogen) atoms. The third kappa shape index (κ3) is 9.00. The number of hydrogen-bond donors (Lipinski definition) is 3. The van der Waals surface area contributed by atoms with Crippen molar-refractivity contribution < 1.29 is 18.8 Å². The number of amides is 3. The van der Waals surface area contributed by atoms with E-state index in [0.29, 0.717) is 48.3 Å². The van der Waals surface area contributed by atoms with Crippen molar-refractivity contribution in [1.82, 2.24) is 39.8 Å². The molecule has 0 radical (unpaired) electrons. The summed E-state index contributed by atoms with van der Waals surface area (Å²) in [7, 11) is 1.93. The Hall–Kier alpha value is -5.76. The molecule has 2 aliphatic carbocycles. The molecule has 0 bridgehead atoms. The minimum atomic E-state index is -0.552. The lowest BCUT2D eigenvalue weighted by molar-refractivity contribution is -0.134. The van der Waals surface area contributed by atoms with Crippen LogP contribution in [0.1, 0.15) is 100 Å². The predicted molar refractivity (Wildman–Crippen MR) is 231 cm³/mol. The average molecular weight is 828 g/mol. The van der Waals surface area contributed by atoms with E-state index < -0.39 is 11.7 Å². The van der Waals surface area contributed by atoms with Crippen LogP contribution < -0.4 is 21.5 Å². The topological polar surface area (TPSA) is 156 Å². The molecule has 13 nitrogen and oxygen atoms in total. The van der Waals surface area contributed by atoms with Crippen LogP contribution in [0.2, 0.25) is 0 Å². The fourth-order valence-corrected chi connectivity index (χ4v) is 10.2. The number of carbonyl (C=O) groups is 3. The van der Waals surface area contributed by atoms with Gasteiger partial charge in [-0.3, -0.25) is 33.7 Å². The van der Waals surface area contributed by atoms with Crippen LogP contribution in [0.3, 0.4) is 0 Å². The summed E-state index contributed by atoms with van der Waals surface area (Å²) in [6.45, 7) is 3.24. The predicted octanol–water partition coefficient (Wildman–Crippen LogP) is 6.37. The molecule has 3 aromatic heterocycles. The summed E-state index contributed by atoms with van der Waals surface area (Å²) in [5, 5.41) is 15.0. The standard InChI is InChI=1S/C47H54FN9O4/c1-55-40-26-31(13-16-37(40)44(54-55)38-17-18-41(58)52-46(38)61)30-19-22-56(23-20-30)28-29-11-14-34(15-12-29)50-45(60)33-7-4-8-35(24-33)51-47-49-27-39(48)43(53-47)32-6-5-9-36(25-32)57-21-3-2-10-42(57)59/h2-3,5-6,9-10,13,16,21,25-27,29-30,33-35,38H,4,7-8,11-12,14-15,17-20,22-24,28H2,1H3,(H,50,60)(H,49,51,53)(H,52,58,61)/t29?,33-,34?,35-,38?/m0/s1. The number of likely N-dealkylation sites (tertiary alicyclic amines) is 1. The average Bonchev–Trinajstić information content (AvgIpc) is 3.60. The molecule has 2 aromatic carbocycles. The van der Waals surface area contributed by atoms with E-state index in [4.69, 9.17) is 5.10 Å². The number of nitrogens with zero attached hydrogens (tertiary/aromatic N) is 6. The summed E-state index contributed by atoms with van der Waals surface area (Å²) in [4.78, 5) is 61.7. The Morgan fingerprint density at radius 3 is 2.54 bits per heavy atom. The minimum absolute atomic E-state index is 0.00665. The normalized spacial score (nSPS) is 24.1. The zero-order valence-corrected chi connectivity index (χ0v) is 34.7. The molecule has 2 saturated carbocycles. The highest BCUT2D eigenvalue weighted by Gasteiger charge is 2.34. The highest BCUT2D eigenvalue weighted by molar-refractivity contribution is 6.02. The van der Waals surface area contributed by atoms with Crippen molar-refractivity contribution in [3.8, 4) is 16.9 Å². The van der Waals surface area contributed by atoms with Crippen LogP contribution in [0, 0.1) is 17.7 Å². The van der Waals surface area contributed by atoms with Gasteiger partial charge >= 0.3 is 0 Å². The van der Waals surface area contributed by atoms with Crippen molar-refractivity contribution in [3.63, 3.8) is 0 Å². The molecule has 0 spiro atoms. The third-order valence-corrected chi connectivity index (χ3v) is 13.6. The zero-order chi connectivity index (χ0) is 42.0. The van der Waals surface area contributed by atoms with E-state index in [2.05, 4.69) is 49.0 Å². The van der Waals surface area contributed by atoms with Gasteiger partial charge in [0.15, 0.2) is 5.82 Å². The van der Waals surface area contributed by atoms with Crippen molar-refractivity contribution in [1.29, 1.82) is 0 Å². The number of benzene rings is 2. The summed E-state index contributed by atoms with van der Waals surface area (Å²) in [5.41, 5.74) is 4.23. The first-order chi connectivity index (χ1) is 29.6. The maximum absolute atomic E-state index is 15.1. The Balaban J connectivity index is 0.727. The number of nitrogens with one attached hydrogen (secondary N) is 3. The van der Waals surface area contributed by atoms with Gasteiger partial charge < -0.3 is 15.5 Å². The number of anilines is 1. The van der Waals surface area contributed by atoms with Gasteiger partial charge in [-0.1, -0.05) is 36.8 Å². The molecule has 4 fully saturated rings. The van der Waals surface area contributed by atoms with Gasteiger partial charge in [0.2, 0.25) is 23.7 Å². The third-order valence-electron chi connectivity index (χ3n) is 13.6. The molecule has 1 unspecified atom stereocenters. The van der Waals surface area contributed by atoms with Crippen LogP contribution in [0.5, 0.6) is 0 Å². The number of carbonyl (C=O) groups excluding carboxylic acids is 3. The van der Waals surface area contributed by atoms with Crippen LogP contribution in [-0.4, -0.2) is 78.7 Å². The van der Waals surface area contributed by atoms with E-state index in [-0.39, 0.29) is 47.0 Å². The number of aryl methyl sites for hydroxylation is 1. The molecular weight excluding hydrogens is 774 g/mol. The van der Waals surface area contributed by atoms with Gasteiger partial charge in [0, 0.05) is 66.9 Å². The first-order valence-corrected chi connectivity index (χ1v) is 22.1. The lowest BCUT2D eigenvalue weighted by Crippen LogP contribution is -2.44. The Labute approximate surface area is 354 Å². The largest absolute Gasteiger partial charge is 0.353 e. The van der Waals surface area contributed by atoms with Gasteiger partial charge in [-0.05, 0) is 119 Å². The highest BCUT2D eigenvalue weighted by Crippen LogP contribution is 2.36. The van der Waals surface area contributed by atoms with E-state index in [0.717, 1.165) is 94.0 Å². The molecule has 3 amide bonds.